The predicted octanol–water partition coefficient (Wildman–Crippen LogP) is 4.76. The Hall–Kier alpha value is -2.35. The van der Waals surface area contributed by atoms with Gasteiger partial charge in [0.25, 0.3) is 0 Å². The van der Waals surface area contributed by atoms with Crippen molar-refractivity contribution in [3.63, 3.8) is 0 Å². The van der Waals surface area contributed by atoms with Crippen LogP contribution in [0.3, 0.4) is 0 Å². The zero-order valence-electron chi connectivity index (χ0n) is 12.0. The van der Waals surface area contributed by atoms with Crippen LogP contribution in [-0.2, 0) is 4.79 Å². The number of carbonyl (C=O) groups is 1. The first-order valence-electron chi connectivity index (χ1n) is 7.30. The van der Waals surface area contributed by atoms with Gasteiger partial charge in [-0.2, -0.15) is 0 Å². The van der Waals surface area contributed by atoms with E-state index in [1.165, 1.54) is 16.7 Å². The number of hydrogen-bond acceptors (Lipinski definition) is 1. The largest absolute Gasteiger partial charge is 0.481 e. The molecule has 2 aromatic rings. The van der Waals surface area contributed by atoms with Gasteiger partial charge < -0.3 is 5.11 Å². The summed E-state index contributed by atoms with van der Waals surface area (Å²) in [6.45, 7) is 0. The van der Waals surface area contributed by atoms with Crippen LogP contribution in [0.2, 0.25) is 0 Å². The van der Waals surface area contributed by atoms with Crippen LogP contribution in [0.1, 0.15) is 36.8 Å². The summed E-state index contributed by atoms with van der Waals surface area (Å²) in [7, 11) is 0. The van der Waals surface area contributed by atoms with E-state index in [9.17, 15) is 4.79 Å². The van der Waals surface area contributed by atoms with Gasteiger partial charge >= 0.3 is 5.97 Å². The molecule has 1 N–H and O–H groups in total. The Morgan fingerprint density at radius 3 is 1.86 bits per heavy atom. The second-order valence-electron chi connectivity index (χ2n) is 4.99. The fraction of sp³-hybridized carbons (Fsp3) is 0.211. The molecule has 2 heteroatoms. The maximum absolute atomic E-state index is 10.5. The monoisotopic (exact) mass is 280 g/mol. The average Bonchev–Trinajstić information content (AvgIpc) is 2.52. The van der Waals surface area contributed by atoms with Crippen molar-refractivity contribution in [2.24, 2.45) is 0 Å². The van der Waals surface area contributed by atoms with Crippen molar-refractivity contribution < 1.29 is 9.90 Å². The molecule has 0 unspecified atom stereocenters. The molecule has 0 fully saturated rings. The van der Waals surface area contributed by atoms with Gasteiger partial charge in [0.05, 0.1) is 0 Å². The molecule has 108 valence electrons. The van der Waals surface area contributed by atoms with Gasteiger partial charge in [0.1, 0.15) is 0 Å². The van der Waals surface area contributed by atoms with E-state index >= 15 is 0 Å². The highest BCUT2D eigenvalue weighted by molar-refractivity contribution is 5.79. The number of rotatable bonds is 7. The summed E-state index contributed by atoms with van der Waals surface area (Å²) in [4.78, 5) is 10.5. The zero-order chi connectivity index (χ0) is 14.9. The summed E-state index contributed by atoms with van der Waals surface area (Å²) in [6.07, 6.45) is 4.98. The first kappa shape index (κ1) is 15.0. The second kappa shape index (κ2) is 8.05. The Bertz CT molecular complexity index is 544. The molecule has 0 amide bonds. The molecule has 0 bridgehead atoms. The van der Waals surface area contributed by atoms with Crippen LogP contribution >= 0.6 is 0 Å². The van der Waals surface area contributed by atoms with E-state index in [2.05, 4.69) is 30.3 Å². The van der Waals surface area contributed by atoms with Gasteiger partial charge in [-0.15, -0.1) is 0 Å². The minimum atomic E-state index is -0.717. The third-order valence-corrected chi connectivity index (χ3v) is 3.36. The molecule has 0 saturated heterocycles. The highest BCUT2D eigenvalue weighted by Crippen LogP contribution is 2.24. The summed E-state index contributed by atoms with van der Waals surface area (Å²) in [5.74, 6) is -0.717. The second-order valence-corrected chi connectivity index (χ2v) is 4.99. The molecule has 0 saturated carbocycles. The van der Waals surface area contributed by atoms with Crippen molar-refractivity contribution >= 4 is 11.5 Å². The molecular formula is C19H20O2. The zero-order valence-corrected chi connectivity index (χ0v) is 12.0. The number of carboxylic acids is 1. The van der Waals surface area contributed by atoms with E-state index in [1.54, 1.807) is 0 Å². The van der Waals surface area contributed by atoms with E-state index in [1.807, 2.05) is 36.4 Å². The fourth-order valence-electron chi connectivity index (χ4n) is 2.30. The lowest BCUT2D eigenvalue weighted by Gasteiger charge is -2.08. The first-order chi connectivity index (χ1) is 10.3. The number of hydrogen-bond donors (Lipinski definition) is 1. The number of unbranched alkanes of at least 4 members (excludes halogenated alkanes) is 2. The van der Waals surface area contributed by atoms with Crippen LogP contribution in [0.15, 0.2) is 66.7 Å². The van der Waals surface area contributed by atoms with Crippen LogP contribution in [-0.4, -0.2) is 11.1 Å². The normalized spacial score (nSPS) is 10.1. The maximum Gasteiger partial charge on any atom is 0.303 e. The van der Waals surface area contributed by atoms with Gasteiger partial charge in [0.15, 0.2) is 0 Å². The summed E-state index contributed by atoms with van der Waals surface area (Å²) in [6, 6.07) is 20.6. The van der Waals surface area contributed by atoms with Gasteiger partial charge in [-0.05, 0) is 36.0 Å². The van der Waals surface area contributed by atoms with Gasteiger partial charge in [-0.1, -0.05) is 66.7 Å². The molecule has 2 nitrogen and oxygen atoms in total. The number of aliphatic carboxylic acids is 1. The molecule has 0 aliphatic rings. The lowest BCUT2D eigenvalue weighted by Crippen LogP contribution is -1.93. The van der Waals surface area contributed by atoms with Crippen molar-refractivity contribution in [3.05, 3.63) is 77.9 Å². The van der Waals surface area contributed by atoms with Crippen LogP contribution in [0.5, 0.6) is 0 Å². The summed E-state index contributed by atoms with van der Waals surface area (Å²) in [5.41, 5.74) is 3.61. The molecule has 0 aliphatic heterocycles. The maximum atomic E-state index is 10.5. The Morgan fingerprint density at radius 2 is 1.38 bits per heavy atom. The van der Waals surface area contributed by atoms with E-state index in [0.717, 1.165) is 19.3 Å². The molecule has 0 aliphatic carbocycles. The highest BCUT2D eigenvalue weighted by Gasteiger charge is 2.03. The predicted molar refractivity (Wildman–Crippen MR) is 86.1 cm³/mol. The molecule has 0 spiro atoms. The number of carboxylic acid groups (broad SMARTS) is 1. The third kappa shape index (κ3) is 4.92. The molecule has 0 atom stereocenters. The first-order valence-corrected chi connectivity index (χ1v) is 7.30. The lowest BCUT2D eigenvalue weighted by molar-refractivity contribution is -0.137. The van der Waals surface area contributed by atoms with Crippen molar-refractivity contribution in [3.8, 4) is 0 Å². The average molecular weight is 280 g/mol. The van der Waals surface area contributed by atoms with Gasteiger partial charge in [-0.25, -0.2) is 0 Å². The number of benzene rings is 2. The molecule has 21 heavy (non-hydrogen) atoms. The fourth-order valence-corrected chi connectivity index (χ4v) is 2.30. The van der Waals surface area contributed by atoms with E-state index in [-0.39, 0.29) is 6.42 Å². The Kier molecular flexibility index (Phi) is 5.77. The quantitative estimate of drug-likeness (QED) is 0.742. The van der Waals surface area contributed by atoms with Crippen molar-refractivity contribution in [2.75, 3.05) is 0 Å². The van der Waals surface area contributed by atoms with Crippen molar-refractivity contribution in [1.29, 1.82) is 0 Å². The topological polar surface area (TPSA) is 37.3 Å². The van der Waals surface area contributed by atoms with Crippen LogP contribution in [0.4, 0.5) is 0 Å². The minimum Gasteiger partial charge on any atom is -0.481 e. The SMILES string of the molecule is O=C(O)CCCCC=C(c1ccccc1)c1ccccc1. The van der Waals surface area contributed by atoms with Crippen LogP contribution < -0.4 is 0 Å². The Labute approximate surface area is 125 Å². The standard InChI is InChI=1S/C19H20O2/c20-19(21)15-9-3-8-14-18(16-10-4-1-5-11-16)17-12-6-2-7-13-17/h1-2,4-7,10-14H,3,8-9,15H2,(H,20,21). The highest BCUT2D eigenvalue weighted by atomic mass is 16.4. The van der Waals surface area contributed by atoms with Gasteiger partial charge in [0.2, 0.25) is 0 Å². The number of allylic oxidation sites excluding steroid dienone is 1. The van der Waals surface area contributed by atoms with E-state index in [0.29, 0.717) is 0 Å². The summed E-state index contributed by atoms with van der Waals surface area (Å²) < 4.78 is 0. The molecule has 0 aromatic heterocycles. The van der Waals surface area contributed by atoms with Gasteiger partial charge in [0, 0.05) is 6.42 Å². The van der Waals surface area contributed by atoms with Crippen molar-refractivity contribution in [1.82, 2.24) is 0 Å². The molecule has 2 aromatic carbocycles. The van der Waals surface area contributed by atoms with Crippen LogP contribution in [0.25, 0.3) is 5.57 Å². The van der Waals surface area contributed by atoms with Crippen LogP contribution in [0, 0.1) is 0 Å². The Morgan fingerprint density at radius 1 is 0.857 bits per heavy atom. The van der Waals surface area contributed by atoms with Gasteiger partial charge in [-0.3, -0.25) is 4.79 Å². The smallest absolute Gasteiger partial charge is 0.303 e. The molecular weight excluding hydrogens is 260 g/mol. The summed E-state index contributed by atoms with van der Waals surface area (Å²) in [5, 5.41) is 8.66. The van der Waals surface area contributed by atoms with E-state index in [4.69, 9.17) is 5.11 Å². The molecule has 0 radical (unpaired) electrons. The van der Waals surface area contributed by atoms with Crippen molar-refractivity contribution in [2.45, 2.75) is 25.7 Å². The Balaban J connectivity index is 2.11. The molecule has 2 rings (SSSR count). The minimum absolute atomic E-state index is 0.250. The third-order valence-electron chi connectivity index (χ3n) is 3.36. The van der Waals surface area contributed by atoms with E-state index < -0.39 is 5.97 Å². The molecule has 0 heterocycles. The summed E-state index contributed by atoms with van der Waals surface area (Å²) >= 11 is 0. The lowest BCUT2D eigenvalue weighted by atomic mass is 9.96.